The van der Waals surface area contributed by atoms with E-state index < -0.39 is 17.1 Å². The van der Waals surface area contributed by atoms with Gasteiger partial charge in [0.15, 0.2) is 0 Å². The summed E-state index contributed by atoms with van der Waals surface area (Å²) in [6.07, 6.45) is 6.01. The van der Waals surface area contributed by atoms with Gasteiger partial charge in [0.2, 0.25) is 5.91 Å². The lowest BCUT2D eigenvalue weighted by Crippen LogP contribution is -2.44. The Labute approximate surface area is 229 Å². The molecule has 39 heavy (non-hydrogen) atoms. The van der Waals surface area contributed by atoms with E-state index in [-0.39, 0.29) is 5.91 Å². The Morgan fingerprint density at radius 2 is 1.74 bits per heavy atom. The summed E-state index contributed by atoms with van der Waals surface area (Å²) < 4.78 is 13.1. The highest BCUT2D eigenvalue weighted by Gasteiger charge is 2.51. The van der Waals surface area contributed by atoms with E-state index in [4.69, 9.17) is 9.47 Å². The van der Waals surface area contributed by atoms with Crippen molar-refractivity contribution in [2.75, 3.05) is 13.7 Å². The van der Waals surface area contributed by atoms with Crippen LogP contribution < -0.4 is 4.74 Å². The number of hydrogen-bond acceptors (Lipinski definition) is 5. The maximum Gasteiger partial charge on any atom is 0.417 e. The molecule has 1 unspecified atom stereocenters. The third-order valence-electron chi connectivity index (χ3n) is 7.43. The molecule has 0 spiro atoms. The van der Waals surface area contributed by atoms with Crippen molar-refractivity contribution >= 4 is 22.9 Å². The molecule has 5 rings (SSSR count). The topological polar surface area (TPSA) is 73.7 Å². The Morgan fingerprint density at radius 3 is 2.41 bits per heavy atom. The van der Waals surface area contributed by atoms with Crippen molar-refractivity contribution in [3.63, 3.8) is 0 Å². The number of fused-ring (bicyclic) bond motifs is 1. The molecule has 2 amide bonds. The van der Waals surface area contributed by atoms with Gasteiger partial charge in [-0.2, -0.15) is 0 Å². The number of likely N-dealkylation sites (tertiary alicyclic amines) is 1. The second-order valence-corrected chi connectivity index (χ2v) is 11.3. The van der Waals surface area contributed by atoms with Gasteiger partial charge in [0.1, 0.15) is 11.4 Å². The zero-order valence-corrected chi connectivity index (χ0v) is 23.2. The maximum absolute atomic E-state index is 14.1. The van der Waals surface area contributed by atoms with Crippen LogP contribution in [0.2, 0.25) is 0 Å². The summed E-state index contributed by atoms with van der Waals surface area (Å²) in [5.74, 6) is 0.597. The molecule has 1 atom stereocenters. The Bertz CT molecular complexity index is 1500. The van der Waals surface area contributed by atoms with Crippen LogP contribution in [-0.2, 0) is 27.9 Å². The lowest BCUT2D eigenvalue weighted by Gasteiger charge is -2.29. The molecule has 1 aliphatic heterocycles. The Hall–Kier alpha value is -4.13. The van der Waals surface area contributed by atoms with Crippen LogP contribution in [0.4, 0.5) is 4.79 Å². The average Bonchev–Trinajstić information content (AvgIpc) is 3.40. The first-order chi connectivity index (χ1) is 18.6. The Balaban J connectivity index is 1.56. The van der Waals surface area contributed by atoms with Crippen molar-refractivity contribution in [2.45, 2.75) is 58.1 Å². The van der Waals surface area contributed by atoms with Crippen molar-refractivity contribution in [3.05, 3.63) is 95.4 Å². The second-order valence-electron chi connectivity index (χ2n) is 11.3. The number of rotatable bonds is 6. The third-order valence-corrected chi connectivity index (χ3v) is 7.43. The molecular weight excluding hydrogens is 490 g/mol. The summed E-state index contributed by atoms with van der Waals surface area (Å²) >= 11 is 0. The summed E-state index contributed by atoms with van der Waals surface area (Å²) in [5, 5.41) is 1.14. The molecule has 202 valence electrons. The Kier molecular flexibility index (Phi) is 6.93. The van der Waals surface area contributed by atoms with Gasteiger partial charge >= 0.3 is 6.09 Å². The van der Waals surface area contributed by atoms with Crippen molar-refractivity contribution in [1.29, 1.82) is 0 Å². The summed E-state index contributed by atoms with van der Waals surface area (Å²) in [4.78, 5) is 32.6. The van der Waals surface area contributed by atoms with Crippen LogP contribution in [0.5, 0.6) is 5.75 Å². The van der Waals surface area contributed by atoms with Crippen molar-refractivity contribution in [1.82, 2.24) is 14.5 Å². The molecule has 0 bridgehead atoms. The molecule has 2 aromatic carbocycles. The number of aryl methyl sites for hydroxylation is 1. The molecule has 0 N–H and O–H groups in total. The predicted molar refractivity (Wildman–Crippen MR) is 151 cm³/mol. The average molecular weight is 526 g/mol. The zero-order chi connectivity index (χ0) is 27.8. The summed E-state index contributed by atoms with van der Waals surface area (Å²) in [5.41, 5.74) is 3.69. The number of nitrogens with zero attached hydrogens (tertiary/aromatic N) is 3. The van der Waals surface area contributed by atoms with E-state index in [2.05, 4.69) is 46.9 Å². The normalized spacial score (nSPS) is 17.6. The number of hydrogen-bond donors (Lipinski definition) is 0. The van der Waals surface area contributed by atoms with Crippen molar-refractivity contribution < 1.29 is 19.1 Å². The number of ether oxygens (including phenoxy) is 2. The number of methoxy groups -OCH3 is 1. The SMILES string of the molecule is COc1ccc(Cn2cc(C)c3ccc(C4(Cc5ccncc5)CCN(C(=O)OC(C)(C)C)C4=O)cc32)cc1. The number of carbonyl (C=O) groups excluding carboxylic acids is 2. The summed E-state index contributed by atoms with van der Waals surface area (Å²) in [6.45, 7) is 8.52. The van der Waals surface area contributed by atoms with Gasteiger partial charge in [-0.15, -0.1) is 0 Å². The highest BCUT2D eigenvalue weighted by molar-refractivity contribution is 6.01. The molecule has 0 aliphatic carbocycles. The number of imide groups is 1. The van der Waals surface area contributed by atoms with Gasteiger partial charge in [0.05, 0.1) is 12.5 Å². The van der Waals surface area contributed by atoms with Crippen LogP contribution in [0.15, 0.2) is 73.2 Å². The fourth-order valence-corrected chi connectivity index (χ4v) is 5.48. The van der Waals surface area contributed by atoms with Crippen molar-refractivity contribution in [3.8, 4) is 5.75 Å². The van der Waals surface area contributed by atoms with Crippen LogP contribution in [-0.4, -0.2) is 45.7 Å². The first-order valence-corrected chi connectivity index (χ1v) is 13.3. The third kappa shape index (κ3) is 5.26. The molecule has 4 aromatic rings. The van der Waals surface area contributed by atoms with E-state index in [1.165, 1.54) is 10.5 Å². The number of benzene rings is 2. The van der Waals surface area contributed by atoms with E-state index in [1.54, 1.807) is 19.5 Å². The minimum Gasteiger partial charge on any atom is -0.497 e. The van der Waals surface area contributed by atoms with Gasteiger partial charge < -0.3 is 14.0 Å². The van der Waals surface area contributed by atoms with Crippen LogP contribution in [0.3, 0.4) is 0 Å². The molecular formula is C32H35N3O4. The fraction of sp³-hybridized carbons (Fsp3) is 0.344. The number of amides is 2. The number of carbonyl (C=O) groups is 2. The standard InChI is InChI=1S/C32H35N3O4/c1-22-20-34(21-24-6-9-26(38-5)10-7-24)28-18-25(8-11-27(22)28)32(19-23-12-15-33-16-13-23)14-17-35(29(32)36)30(37)39-31(2,3)4/h6-13,15-16,18,20H,14,17,19,21H2,1-5H3. The van der Waals surface area contributed by atoms with Crippen LogP contribution in [0.1, 0.15) is 49.4 Å². The van der Waals surface area contributed by atoms with Crippen LogP contribution >= 0.6 is 0 Å². The molecule has 1 aliphatic rings. The minimum atomic E-state index is -0.893. The van der Waals surface area contributed by atoms with Gasteiger partial charge in [-0.25, -0.2) is 9.69 Å². The lowest BCUT2D eigenvalue weighted by molar-refractivity contribution is -0.131. The summed E-state index contributed by atoms with van der Waals surface area (Å²) in [6, 6.07) is 18.2. The first-order valence-electron chi connectivity index (χ1n) is 13.3. The van der Waals surface area contributed by atoms with Crippen LogP contribution in [0.25, 0.3) is 10.9 Å². The van der Waals surface area contributed by atoms with E-state index in [0.29, 0.717) is 25.9 Å². The molecule has 7 nitrogen and oxygen atoms in total. The maximum atomic E-state index is 14.1. The highest BCUT2D eigenvalue weighted by atomic mass is 16.6. The lowest BCUT2D eigenvalue weighted by atomic mass is 9.74. The van der Waals surface area contributed by atoms with E-state index in [1.807, 2.05) is 51.1 Å². The number of aromatic nitrogens is 2. The molecule has 0 saturated carbocycles. The van der Waals surface area contributed by atoms with Gasteiger partial charge in [-0.3, -0.25) is 9.78 Å². The Morgan fingerprint density at radius 1 is 1.03 bits per heavy atom. The molecule has 1 saturated heterocycles. The smallest absolute Gasteiger partial charge is 0.417 e. The molecule has 1 fully saturated rings. The number of pyridine rings is 1. The van der Waals surface area contributed by atoms with Crippen LogP contribution in [0, 0.1) is 6.92 Å². The predicted octanol–water partition coefficient (Wildman–Crippen LogP) is 6.05. The molecule has 7 heteroatoms. The second kappa shape index (κ2) is 10.2. The fourth-order valence-electron chi connectivity index (χ4n) is 5.48. The molecule has 2 aromatic heterocycles. The molecule has 3 heterocycles. The van der Waals surface area contributed by atoms with Gasteiger partial charge in [-0.05, 0) is 93.1 Å². The largest absolute Gasteiger partial charge is 0.497 e. The van der Waals surface area contributed by atoms with Gasteiger partial charge in [0, 0.05) is 42.6 Å². The highest BCUT2D eigenvalue weighted by Crippen LogP contribution is 2.41. The van der Waals surface area contributed by atoms with E-state index >= 15 is 0 Å². The molecule has 0 radical (unpaired) electrons. The van der Waals surface area contributed by atoms with Gasteiger partial charge in [-0.1, -0.05) is 24.3 Å². The quantitative estimate of drug-likeness (QED) is 0.306. The monoisotopic (exact) mass is 525 g/mol. The zero-order valence-electron chi connectivity index (χ0n) is 23.2. The van der Waals surface area contributed by atoms with Crippen molar-refractivity contribution in [2.24, 2.45) is 0 Å². The van der Waals surface area contributed by atoms with E-state index in [9.17, 15) is 9.59 Å². The minimum absolute atomic E-state index is 0.224. The first kappa shape index (κ1) is 26.5. The summed E-state index contributed by atoms with van der Waals surface area (Å²) in [7, 11) is 1.66. The van der Waals surface area contributed by atoms with Gasteiger partial charge in [0.25, 0.3) is 0 Å². The van der Waals surface area contributed by atoms with E-state index in [0.717, 1.165) is 33.3 Å².